The van der Waals surface area contributed by atoms with Gasteiger partial charge in [-0.05, 0) is 30.5 Å². The maximum absolute atomic E-state index is 11.7. The van der Waals surface area contributed by atoms with Gasteiger partial charge in [-0.1, -0.05) is 23.7 Å². The third kappa shape index (κ3) is 2.94. The molecule has 0 saturated carbocycles. The summed E-state index contributed by atoms with van der Waals surface area (Å²) in [6.07, 6.45) is 0.352. The normalized spacial score (nSPS) is 25.5. The van der Waals surface area contributed by atoms with Crippen LogP contribution in [0, 0.1) is 5.92 Å². The van der Waals surface area contributed by atoms with Crippen molar-refractivity contribution >= 4 is 23.5 Å². The minimum Gasteiger partial charge on any atom is -0.481 e. The van der Waals surface area contributed by atoms with E-state index < -0.39 is 29.9 Å². The summed E-state index contributed by atoms with van der Waals surface area (Å²) in [5, 5.41) is 18.7. The number of rotatable bonds is 5. The zero-order valence-electron chi connectivity index (χ0n) is 10.7. The van der Waals surface area contributed by atoms with Gasteiger partial charge in [0.05, 0.1) is 0 Å². The number of carbonyl (C=O) groups excluding carboxylic acids is 1. The molecule has 3 unspecified atom stereocenters. The van der Waals surface area contributed by atoms with Gasteiger partial charge in [0.2, 0.25) is 0 Å². The number of aliphatic carboxylic acids is 1. The number of carboxylic acids is 1. The number of ether oxygens (including phenoxy) is 1. The molecule has 1 heterocycles. The molecule has 1 aliphatic heterocycles. The lowest BCUT2D eigenvalue weighted by Gasteiger charge is -2.19. The van der Waals surface area contributed by atoms with Gasteiger partial charge < -0.3 is 14.9 Å². The average molecular weight is 299 g/mol. The van der Waals surface area contributed by atoms with Gasteiger partial charge in [0.1, 0.15) is 6.10 Å². The summed E-state index contributed by atoms with van der Waals surface area (Å²) in [4.78, 5) is 23.1. The zero-order valence-corrected chi connectivity index (χ0v) is 11.4. The summed E-state index contributed by atoms with van der Waals surface area (Å²) in [5.74, 6) is -3.68. The van der Waals surface area contributed by atoms with Crippen LogP contribution in [0.25, 0.3) is 0 Å². The number of aliphatic hydroxyl groups is 1. The second kappa shape index (κ2) is 6.24. The van der Waals surface area contributed by atoms with Crippen LogP contribution in [-0.4, -0.2) is 34.9 Å². The molecule has 0 radical (unpaired) electrons. The molecule has 1 aliphatic rings. The highest BCUT2D eigenvalue weighted by Gasteiger charge is 2.49. The molecule has 1 saturated heterocycles. The van der Waals surface area contributed by atoms with Crippen LogP contribution in [0.4, 0.5) is 0 Å². The Hall–Kier alpha value is -1.59. The van der Waals surface area contributed by atoms with Crippen LogP contribution in [0.3, 0.4) is 0 Å². The van der Waals surface area contributed by atoms with Crippen molar-refractivity contribution in [1.82, 2.24) is 0 Å². The van der Waals surface area contributed by atoms with Gasteiger partial charge in [0, 0.05) is 17.5 Å². The van der Waals surface area contributed by atoms with Gasteiger partial charge >= 0.3 is 11.9 Å². The van der Waals surface area contributed by atoms with Crippen LogP contribution in [0.15, 0.2) is 24.3 Å². The Bertz CT molecular complexity index is 499. The molecule has 0 aliphatic carbocycles. The summed E-state index contributed by atoms with van der Waals surface area (Å²) in [6.45, 7) is -0.0286. The minimum absolute atomic E-state index is 0.0286. The lowest BCUT2D eigenvalue weighted by atomic mass is 9.83. The van der Waals surface area contributed by atoms with Crippen molar-refractivity contribution in [2.45, 2.75) is 24.9 Å². The van der Waals surface area contributed by atoms with E-state index in [9.17, 15) is 14.7 Å². The van der Waals surface area contributed by atoms with Gasteiger partial charge in [-0.3, -0.25) is 9.59 Å². The first-order chi connectivity index (χ1) is 9.54. The van der Waals surface area contributed by atoms with Gasteiger partial charge in [-0.25, -0.2) is 0 Å². The van der Waals surface area contributed by atoms with E-state index in [0.717, 1.165) is 0 Å². The van der Waals surface area contributed by atoms with Crippen LogP contribution < -0.4 is 0 Å². The molecule has 1 aromatic carbocycles. The molecule has 2 N–H and O–H groups in total. The highest BCUT2D eigenvalue weighted by Crippen LogP contribution is 2.39. The smallest absolute Gasteiger partial charge is 0.321 e. The number of hydrogen-bond acceptors (Lipinski definition) is 4. The Labute approximate surface area is 121 Å². The number of cyclic esters (lactones) is 1. The second-order valence-corrected chi connectivity index (χ2v) is 5.17. The number of halogens is 1. The Morgan fingerprint density at radius 3 is 2.50 bits per heavy atom. The molecule has 1 fully saturated rings. The molecule has 5 nitrogen and oxygen atoms in total. The molecule has 20 heavy (non-hydrogen) atoms. The summed E-state index contributed by atoms with van der Waals surface area (Å²) in [7, 11) is 0. The number of hydrogen-bond donors (Lipinski definition) is 2. The van der Waals surface area contributed by atoms with Gasteiger partial charge in [-0.15, -0.1) is 0 Å². The van der Waals surface area contributed by atoms with Crippen LogP contribution >= 0.6 is 11.6 Å². The van der Waals surface area contributed by atoms with E-state index in [2.05, 4.69) is 0 Å². The number of benzene rings is 1. The third-order valence-corrected chi connectivity index (χ3v) is 3.70. The molecule has 0 bridgehead atoms. The summed E-state index contributed by atoms with van der Waals surface area (Å²) in [5.41, 5.74) is 0.704. The molecule has 0 aromatic heterocycles. The molecule has 3 atom stereocenters. The summed E-state index contributed by atoms with van der Waals surface area (Å²) in [6, 6.07) is 6.72. The quantitative estimate of drug-likeness (QED) is 0.640. The van der Waals surface area contributed by atoms with E-state index in [0.29, 0.717) is 23.4 Å². The van der Waals surface area contributed by atoms with Crippen molar-refractivity contribution in [1.29, 1.82) is 0 Å². The van der Waals surface area contributed by atoms with E-state index >= 15 is 0 Å². The molecular formula is C14H15ClO5. The zero-order chi connectivity index (χ0) is 14.7. The Morgan fingerprint density at radius 1 is 1.30 bits per heavy atom. The number of carbonyl (C=O) groups is 2. The Balaban J connectivity index is 2.32. The molecular weight excluding hydrogens is 284 g/mol. The Morgan fingerprint density at radius 2 is 1.95 bits per heavy atom. The molecule has 0 spiro atoms. The first-order valence-electron chi connectivity index (χ1n) is 6.34. The van der Waals surface area contributed by atoms with E-state index in [-0.39, 0.29) is 6.61 Å². The van der Waals surface area contributed by atoms with E-state index in [1.165, 1.54) is 0 Å². The van der Waals surface area contributed by atoms with Crippen molar-refractivity contribution in [3.05, 3.63) is 34.9 Å². The predicted molar refractivity (Wildman–Crippen MR) is 71.5 cm³/mol. The highest BCUT2D eigenvalue weighted by molar-refractivity contribution is 6.30. The van der Waals surface area contributed by atoms with Crippen molar-refractivity contribution in [2.24, 2.45) is 5.92 Å². The SMILES string of the molecule is O=C(O)C1C(=O)OC(CCCO)C1c1ccc(Cl)cc1. The fourth-order valence-electron chi connectivity index (χ4n) is 2.53. The maximum atomic E-state index is 11.7. The standard InChI is InChI=1S/C14H15ClO5/c15-9-5-3-8(4-6-9)11-10(2-1-7-16)20-14(19)12(11)13(17)18/h3-6,10-12,16H,1-2,7H2,(H,17,18). The van der Waals surface area contributed by atoms with Crippen LogP contribution in [0.1, 0.15) is 24.3 Å². The molecule has 1 aromatic rings. The van der Waals surface area contributed by atoms with Crippen molar-refractivity contribution in [2.75, 3.05) is 6.61 Å². The summed E-state index contributed by atoms with van der Waals surface area (Å²) >= 11 is 5.82. The van der Waals surface area contributed by atoms with Crippen molar-refractivity contribution < 1.29 is 24.5 Å². The third-order valence-electron chi connectivity index (χ3n) is 3.45. The minimum atomic E-state index is -1.21. The molecule has 2 rings (SSSR count). The highest BCUT2D eigenvalue weighted by atomic mass is 35.5. The Kier molecular flexibility index (Phi) is 4.62. The van der Waals surface area contributed by atoms with Gasteiger partial charge in [0.25, 0.3) is 0 Å². The lowest BCUT2D eigenvalue weighted by molar-refractivity contribution is -0.153. The maximum Gasteiger partial charge on any atom is 0.321 e. The van der Waals surface area contributed by atoms with Gasteiger partial charge in [-0.2, -0.15) is 0 Å². The first-order valence-corrected chi connectivity index (χ1v) is 6.72. The van der Waals surface area contributed by atoms with Crippen LogP contribution in [0.5, 0.6) is 0 Å². The fraction of sp³-hybridized carbons (Fsp3) is 0.429. The molecule has 0 amide bonds. The molecule has 108 valence electrons. The average Bonchev–Trinajstić information content (AvgIpc) is 2.74. The molecule has 6 heteroatoms. The van der Waals surface area contributed by atoms with Crippen molar-refractivity contribution in [3.63, 3.8) is 0 Å². The monoisotopic (exact) mass is 298 g/mol. The summed E-state index contributed by atoms with van der Waals surface area (Å²) < 4.78 is 5.17. The largest absolute Gasteiger partial charge is 0.481 e. The van der Waals surface area contributed by atoms with Crippen molar-refractivity contribution in [3.8, 4) is 0 Å². The van der Waals surface area contributed by atoms with E-state index in [4.69, 9.17) is 21.4 Å². The van der Waals surface area contributed by atoms with Crippen LogP contribution in [-0.2, 0) is 14.3 Å². The van der Waals surface area contributed by atoms with E-state index in [1.807, 2.05) is 0 Å². The van der Waals surface area contributed by atoms with E-state index in [1.54, 1.807) is 24.3 Å². The van der Waals surface area contributed by atoms with Crippen LogP contribution in [0.2, 0.25) is 5.02 Å². The lowest BCUT2D eigenvalue weighted by Crippen LogP contribution is -2.26. The fourth-order valence-corrected chi connectivity index (χ4v) is 2.66. The number of esters is 1. The predicted octanol–water partition coefficient (Wildman–Crippen LogP) is 1.82. The number of aliphatic hydroxyl groups excluding tert-OH is 1. The van der Waals surface area contributed by atoms with Gasteiger partial charge in [0.15, 0.2) is 5.92 Å². The first kappa shape index (κ1) is 14.8. The second-order valence-electron chi connectivity index (χ2n) is 4.73. The number of carboxylic acid groups (broad SMARTS) is 1. The topological polar surface area (TPSA) is 83.8 Å².